The first kappa shape index (κ1) is 11.4. The fraction of sp³-hybridized carbons (Fsp3) is 0.364. The number of rotatable bonds is 2. The number of aromatic carboxylic acids is 1. The van der Waals surface area contributed by atoms with E-state index in [4.69, 9.17) is 4.52 Å². The van der Waals surface area contributed by atoms with Crippen LogP contribution in [0.2, 0.25) is 0 Å². The largest absolute Gasteiger partial charge is 0.477 e. The molecule has 2 rings (SSSR count). The average Bonchev–Trinajstić information content (AvgIpc) is 2.84. The van der Waals surface area contributed by atoms with Crippen molar-refractivity contribution in [1.82, 2.24) is 15.1 Å². The van der Waals surface area contributed by atoms with E-state index < -0.39 is 11.4 Å². The standard InChI is InChI=1S/C11H13N3O3/c1-11(2,3)9-7(10(15)16)8(14-17-9)6-4-12-5-13-6/h4-5H,1-3H3,(H,12,13)(H,15,16). The van der Waals surface area contributed by atoms with Gasteiger partial charge >= 0.3 is 5.97 Å². The zero-order valence-electron chi connectivity index (χ0n) is 9.81. The molecule has 6 nitrogen and oxygen atoms in total. The van der Waals surface area contributed by atoms with Crippen LogP contribution in [0.15, 0.2) is 17.0 Å². The lowest BCUT2D eigenvalue weighted by Crippen LogP contribution is -2.15. The molecule has 0 saturated carbocycles. The van der Waals surface area contributed by atoms with Gasteiger partial charge in [-0.1, -0.05) is 25.9 Å². The van der Waals surface area contributed by atoms with E-state index in [0.29, 0.717) is 11.5 Å². The Bertz CT molecular complexity index is 535. The summed E-state index contributed by atoms with van der Waals surface area (Å²) < 4.78 is 5.17. The van der Waals surface area contributed by atoms with Crippen LogP contribution in [0.1, 0.15) is 36.9 Å². The Morgan fingerprint density at radius 1 is 1.47 bits per heavy atom. The number of hydrogen-bond donors (Lipinski definition) is 2. The van der Waals surface area contributed by atoms with Gasteiger partial charge in [-0.05, 0) is 0 Å². The van der Waals surface area contributed by atoms with Crippen molar-refractivity contribution in [1.29, 1.82) is 0 Å². The van der Waals surface area contributed by atoms with Crippen LogP contribution in [-0.2, 0) is 5.41 Å². The van der Waals surface area contributed by atoms with E-state index in [1.54, 1.807) is 0 Å². The molecule has 0 aliphatic carbocycles. The minimum Gasteiger partial charge on any atom is -0.477 e. The molecular weight excluding hydrogens is 222 g/mol. The van der Waals surface area contributed by atoms with Gasteiger partial charge in [-0.3, -0.25) is 0 Å². The molecule has 0 aromatic carbocycles. The number of imidazole rings is 1. The molecule has 0 bridgehead atoms. The molecule has 0 fully saturated rings. The van der Waals surface area contributed by atoms with Crippen LogP contribution >= 0.6 is 0 Å². The third-order valence-corrected chi connectivity index (χ3v) is 2.34. The topological polar surface area (TPSA) is 92.0 Å². The van der Waals surface area contributed by atoms with Crippen molar-refractivity contribution in [3.63, 3.8) is 0 Å². The number of hydrogen-bond acceptors (Lipinski definition) is 4. The maximum atomic E-state index is 11.3. The molecule has 0 atom stereocenters. The highest BCUT2D eigenvalue weighted by atomic mass is 16.5. The van der Waals surface area contributed by atoms with E-state index in [0.717, 1.165) is 0 Å². The van der Waals surface area contributed by atoms with Crippen LogP contribution in [0.4, 0.5) is 0 Å². The molecule has 2 heterocycles. The molecule has 0 aliphatic rings. The lowest BCUT2D eigenvalue weighted by molar-refractivity contribution is 0.0692. The maximum Gasteiger partial charge on any atom is 0.341 e. The lowest BCUT2D eigenvalue weighted by atomic mass is 9.89. The molecule has 6 heteroatoms. The summed E-state index contributed by atoms with van der Waals surface area (Å²) in [6.45, 7) is 5.62. The Balaban J connectivity index is 2.64. The quantitative estimate of drug-likeness (QED) is 0.831. The second kappa shape index (κ2) is 3.73. The van der Waals surface area contributed by atoms with Crippen molar-refractivity contribution in [2.75, 3.05) is 0 Å². The average molecular weight is 235 g/mol. The number of H-pyrrole nitrogens is 1. The summed E-state index contributed by atoms with van der Waals surface area (Å²) in [5.41, 5.74) is 0.474. The summed E-state index contributed by atoms with van der Waals surface area (Å²) in [4.78, 5) is 18.0. The minimum absolute atomic E-state index is 0.0850. The Kier molecular flexibility index (Phi) is 2.49. The first-order valence-electron chi connectivity index (χ1n) is 5.13. The van der Waals surface area contributed by atoms with Crippen LogP contribution in [0, 0.1) is 0 Å². The molecular formula is C11H13N3O3. The summed E-state index contributed by atoms with van der Waals surface area (Å²) in [5.74, 6) is -0.699. The number of nitrogens with one attached hydrogen (secondary N) is 1. The summed E-state index contributed by atoms with van der Waals surface area (Å²) in [6, 6.07) is 0. The molecule has 2 aromatic rings. The summed E-state index contributed by atoms with van der Waals surface area (Å²) in [7, 11) is 0. The van der Waals surface area contributed by atoms with Crippen LogP contribution in [-0.4, -0.2) is 26.2 Å². The van der Waals surface area contributed by atoms with Crippen LogP contribution in [0.5, 0.6) is 0 Å². The number of aromatic amines is 1. The van der Waals surface area contributed by atoms with Gasteiger partial charge in [0.25, 0.3) is 0 Å². The molecule has 0 spiro atoms. The fourth-order valence-electron chi connectivity index (χ4n) is 1.57. The lowest BCUT2D eigenvalue weighted by Gasteiger charge is -2.14. The first-order valence-corrected chi connectivity index (χ1v) is 5.13. The monoisotopic (exact) mass is 235 g/mol. The van der Waals surface area contributed by atoms with Gasteiger partial charge in [-0.2, -0.15) is 0 Å². The predicted molar refractivity (Wildman–Crippen MR) is 59.7 cm³/mol. The number of aromatic nitrogens is 3. The third-order valence-electron chi connectivity index (χ3n) is 2.34. The summed E-state index contributed by atoms with van der Waals surface area (Å²) in [5, 5.41) is 13.1. The molecule has 2 aromatic heterocycles. The smallest absolute Gasteiger partial charge is 0.341 e. The minimum atomic E-state index is -1.05. The maximum absolute atomic E-state index is 11.3. The number of carbonyl (C=O) groups is 1. The van der Waals surface area contributed by atoms with E-state index in [9.17, 15) is 9.90 Å². The van der Waals surface area contributed by atoms with Crippen molar-refractivity contribution in [2.24, 2.45) is 0 Å². The molecule has 17 heavy (non-hydrogen) atoms. The van der Waals surface area contributed by atoms with Crippen molar-refractivity contribution in [3.8, 4) is 11.4 Å². The number of carboxylic acids is 1. The second-order valence-electron chi connectivity index (χ2n) is 4.76. The van der Waals surface area contributed by atoms with E-state index >= 15 is 0 Å². The molecule has 0 unspecified atom stereocenters. The summed E-state index contributed by atoms with van der Waals surface area (Å²) >= 11 is 0. The van der Waals surface area contributed by atoms with Gasteiger partial charge in [-0.15, -0.1) is 0 Å². The molecule has 0 aliphatic heterocycles. The van der Waals surface area contributed by atoms with Crippen molar-refractivity contribution in [2.45, 2.75) is 26.2 Å². The highest BCUT2D eigenvalue weighted by Crippen LogP contribution is 2.31. The van der Waals surface area contributed by atoms with Crippen molar-refractivity contribution < 1.29 is 14.4 Å². The summed E-state index contributed by atoms with van der Waals surface area (Å²) in [6.07, 6.45) is 2.98. The first-order chi connectivity index (χ1) is 7.91. The third kappa shape index (κ3) is 1.93. The van der Waals surface area contributed by atoms with E-state index in [2.05, 4.69) is 15.1 Å². The molecule has 0 radical (unpaired) electrons. The fourth-order valence-corrected chi connectivity index (χ4v) is 1.57. The van der Waals surface area contributed by atoms with E-state index in [-0.39, 0.29) is 11.3 Å². The molecule has 2 N–H and O–H groups in total. The highest BCUT2D eigenvalue weighted by Gasteiger charge is 2.31. The predicted octanol–water partition coefficient (Wildman–Crippen LogP) is 2.06. The van der Waals surface area contributed by atoms with Gasteiger partial charge in [0.05, 0.1) is 18.2 Å². The Labute approximate surface area is 97.7 Å². The van der Waals surface area contributed by atoms with Crippen LogP contribution in [0.3, 0.4) is 0 Å². The zero-order valence-corrected chi connectivity index (χ0v) is 9.81. The van der Waals surface area contributed by atoms with Gasteiger partial charge in [0.15, 0.2) is 5.76 Å². The van der Waals surface area contributed by atoms with Crippen molar-refractivity contribution >= 4 is 5.97 Å². The van der Waals surface area contributed by atoms with E-state index in [1.165, 1.54) is 12.5 Å². The Morgan fingerprint density at radius 3 is 2.65 bits per heavy atom. The second-order valence-corrected chi connectivity index (χ2v) is 4.76. The van der Waals surface area contributed by atoms with Gasteiger partial charge in [0.1, 0.15) is 11.3 Å². The molecule has 0 saturated heterocycles. The van der Waals surface area contributed by atoms with Crippen LogP contribution < -0.4 is 0 Å². The van der Waals surface area contributed by atoms with E-state index in [1.807, 2.05) is 20.8 Å². The van der Waals surface area contributed by atoms with Crippen molar-refractivity contribution in [3.05, 3.63) is 23.8 Å². The SMILES string of the molecule is CC(C)(C)c1onc(-c2cnc[nH]2)c1C(=O)O. The number of nitrogens with zero attached hydrogens (tertiary/aromatic N) is 2. The van der Waals surface area contributed by atoms with Gasteiger partial charge < -0.3 is 14.6 Å². The molecule has 0 amide bonds. The highest BCUT2D eigenvalue weighted by molar-refractivity contribution is 5.95. The van der Waals surface area contributed by atoms with Crippen LogP contribution in [0.25, 0.3) is 11.4 Å². The molecule has 90 valence electrons. The van der Waals surface area contributed by atoms with Gasteiger partial charge in [0, 0.05) is 5.41 Å². The number of carboxylic acid groups (broad SMARTS) is 1. The Morgan fingerprint density at radius 2 is 2.18 bits per heavy atom. The van der Waals surface area contributed by atoms with Gasteiger partial charge in [0.2, 0.25) is 0 Å². The normalized spacial score (nSPS) is 11.7. The Hall–Kier alpha value is -2.11. The van der Waals surface area contributed by atoms with Gasteiger partial charge in [-0.25, -0.2) is 9.78 Å². The zero-order chi connectivity index (χ0) is 12.6.